The highest BCUT2D eigenvalue weighted by atomic mass is 19.4. The molecule has 6 rings (SSSR count). The average Bonchev–Trinajstić information content (AvgIpc) is 3.32. The zero-order chi connectivity index (χ0) is 24.8. The van der Waals surface area contributed by atoms with Crippen LogP contribution in [-0.4, -0.2) is 23.8 Å². The highest BCUT2D eigenvalue weighted by Crippen LogP contribution is 2.58. The van der Waals surface area contributed by atoms with E-state index < -0.39 is 17.2 Å². The molecular formula is C27H28F3N3O2. The average molecular weight is 484 g/mol. The van der Waals surface area contributed by atoms with Gasteiger partial charge in [-0.05, 0) is 79.3 Å². The zero-order valence-electron chi connectivity index (χ0n) is 19.5. The molecule has 35 heavy (non-hydrogen) atoms. The van der Waals surface area contributed by atoms with Crippen molar-refractivity contribution in [3.05, 3.63) is 70.9 Å². The van der Waals surface area contributed by atoms with E-state index >= 15 is 0 Å². The van der Waals surface area contributed by atoms with Gasteiger partial charge in [0.2, 0.25) is 5.91 Å². The normalized spacial score (nSPS) is 23.9. The zero-order valence-corrected chi connectivity index (χ0v) is 19.5. The van der Waals surface area contributed by atoms with E-state index in [2.05, 4.69) is 21.7 Å². The van der Waals surface area contributed by atoms with Crippen LogP contribution in [0.15, 0.2) is 48.5 Å². The van der Waals surface area contributed by atoms with E-state index in [1.54, 1.807) is 13.1 Å². The number of amides is 2. The minimum absolute atomic E-state index is 0.0370. The highest BCUT2D eigenvalue weighted by molar-refractivity contribution is 5.99. The summed E-state index contributed by atoms with van der Waals surface area (Å²) < 4.78 is 39.0. The summed E-state index contributed by atoms with van der Waals surface area (Å²) in [6.45, 7) is 0.0839. The lowest BCUT2D eigenvalue weighted by atomic mass is 9.51. The lowest BCUT2D eigenvalue weighted by Gasteiger charge is -2.53. The summed E-state index contributed by atoms with van der Waals surface area (Å²) in [6, 6.07) is 13.1. The number of carbonyl (C=O) groups excluding carboxylic acids is 2. The van der Waals surface area contributed by atoms with Gasteiger partial charge in [0.15, 0.2) is 0 Å². The lowest BCUT2D eigenvalue weighted by Crippen LogP contribution is -2.51. The fourth-order valence-electron chi connectivity index (χ4n) is 6.03. The molecule has 3 fully saturated rings. The van der Waals surface area contributed by atoms with Crippen LogP contribution in [0.1, 0.15) is 65.7 Å². The van der Waals surface area contributed by atoms with Crippen LogP contribution in [0.3, 0.4) is 0 Å². The van der Waals surface area contributed by atoms with Crippen molar-refractivity contribution in [1.82, 2.24) is 15.6 Å². The van der Waals surface area contributed by atoms with E-state index in [-0.39, 0.29) is 23.8 Å². The second-order valence-corrected chi connectivity index (χ2v) is 9.97. The Morgan fingerprint density at radius 2 is 1.66 bits per heavy atom. The van der Waals surface area contributed by atoms with Crippen LogP contribution < -0.4 is 10.6 Å². The summed E-state index contributed by atoms with van der Waals surface area (Å²) in [5, 5.41) is 6.62. The largest absolute Gasteiger partial charge is 0.416 e. The Hall–Kier alpha value is -3.29. The second-order valence-electron chi connectivity index (χ2n) is 9.97. The van der Waals surface area contributed by atoms with E-state index in [1.807, 2.05) is 18.2 Å². The van der Waals surface area contributed by atoms with Gasteiger partial charge in [-0.2, -0.15) is 13.2 Å². The van der Waals surface area contributed by atoms with Gasteiger partial charge in [-0.3, -0.25) is 9.59 Å². The molecule has 2 amide bonds. The molecule has 2 bridgehead atoms. The number of fused-ring (bicyclic) bond motifs is 4. The summed E-state index contributed by atoms with van der Waals surface area (Å²) in [4.78, 5) is 28.6. The number of hydrogen-bond acceptors (Lipinski definition) is 2. The number of hydrogen-bond donors (Lipinski definition) is 3. The van der Waals surface area contributed by atoms with Crippen molar-refractivity contribution in [1.29, 1.82) is 0 Å². The van der Waals surface area contributed by atoms with E-state index in [9.17, 15) is 22.8 Å². The number of benzene rings is 2. The van der Waals surface area contributed by atoms with E-state index in [1.165, 1.54) is 11.6 Å². The topological polar surface area (TPSA) is 74.0 Å². The molecule has 1 heterocycles. The van der Waals surface area contributed by atoms with Crippen LogP contribution in [-0.2, 0) is 22.9 Å². The van der Waals surface area contributed by atoms with E-state index in [0.717, 1.165) is 61.6 Å². The Kier molecular flexibility index (Phi) is 5.65. The third kappa shape index (κ3) is 4.09. The Bertz CT molecular complexity index is 1270. The summed E-state index contributed by atoms with van der Waals surface area (Å²) in [7, 11) is 1.60. The molecule has 0 saturated heterocycles. The number of aromatic nitrogens is 1. The first kappa shape index (κ1) is 23.5. The second kappa shape index (κ2) is 8.43. The molecule has 2 aromatic carbocycles. The van der Waals surface area contributed by atoms with Crippen LogP contribution in [0.5, 0.6) is 0 Å². The molecule has 1 aromatic heterocycles. The van der Waals surface area contributed by atoms with Gasteiger partial charge in [0.25, 0.3) is 5.91 Å². The summed E-state index contributed by atoms with van der Waals surface area (Å²) in [6.07, 6.45) is 0.411. The number of rotatable bonds is 5. The first-order chi connectivity index (χ1) is 16.7. The van der Waals surface area contributed by atoms with Gasteiger partial charge in [-0.1, -0.05) is 24.3 Å². The molecule has 3 aliphatic rings. The maximum absolute atomic E-state index is 13.2. The van der Waals surface area contributed by atoms with Gasteiger partial charge in [-0.15, -0.1) is 0 Å². The quantitative estimate of drug-likeness (QED) is 0.451. The van der Waals surface area contributed by atoms with Gasteiger partial charge in [-0.25, -0.2) is 0 Å². The standard InChI is InChI=1S/C27H28F3N3O2/c1-31-23(34)22-15-19-20(6-3-7-21(19)33-22)25-8-11-26(12-9-25,13-10-25)24(35)32-16-17-4-2-5-18(14-17)27(28,29)30/h2-7,14-15,33H,8-13,16H2,1H3,(H,31,34)(H,32,35). The number of H-pyrrole nitrogens is 1. The number of carbonyl (C=O) groups is 2. The van der Waals surface area contributed by atoms with Crippen molar-refractivity contribution >= 4 is 22.7 Å². The number of nitrogens with one attached hydrogen (secondary N) is 3. The number of halogens is 3. The van der Waals surface area contributed by atoms with Crippen molar-refractivity contribution < 1.29 is 22.8 Å². The first-order valence-electron chi connectivity index (χ1n) is 11.9. The molecule has 5 nitrogen and oxygen atoms in total. The molecule has 3 aromatic rings. The van der Waals surface area contributed by atoms with Crippen LogP contribution in [0.25, 0.3) is 10.9 Å². The fourth-order valence-corrected chi connectivity index (χ4v) is 6.03. The minimum Gasteiger partial charge on any atom is -0.354 e. The molecule has 0 spiro atoms. The summed E-state index contributed by atoms with van der Waals surface area (Å²) >= 11 is 0. The molecule has 184 valence electrons. The fraction of sp³-hybridized carbons (Fsp3) is 0.407. The van der Waals surface area contributed by atoms with Gasteiger partial charge in [0, 0.05) is 29.9 Å². The van der Waals surface area contributed by atoms with E-state index in [4.69, 9.17) is 0 Å². The molecule has 3 saturated carbocycles. The smallest absolute Gasteiger partial charge is 0.354 e. The van der Waals surface area contributed by atoms with Crippen LogP contribution in [0, 0.1) is 5.41 Å². The first-order valence-corrected chi connectivity index (χ1v) is 11.9. The third-order valence-corrected chi connectivity index (χ3v) is 8.14. The maximum atomic E-state index is 13.2. The van der Waals surface area contributed by atoms with Gasteiger partial charge < -0.3 is 15.6 Å². The molecule has 0 aliphatic heterocycles. The Balaban J connectivity index is 1.31. The Labute approximate surface area is 201 Å². The van der Waals surface area contributed by atoms with Gasteiger partial charge in [0.1, 0.15) is 5.69 Å². The molecule has 0 atom stereocenters. The summed E-state index contributed by atoms with van der Waals surface area (Å²) in [5.41, 5.74) is 1.91. The van der Waals surface area contributed by atoms with Crippen molar-refractivity contribution in [3.8, 4) is 0 Å². The number of aromatic amines is 1. The molecule has 0 radical (unpaired) electrons. The van der Waals surface area contributed by atoms with Crippen LogP contribution in [0.2, 0.25) is 0 Å². The minimum atomic E-state index is -4.40. The maximum Gasteiger partial charge on any atom is 0.416 e. The predicted molar refractivity (Wildman–Crippen MR) is 127 cm³/mol. The molecule has 3 aliphatic carbocycles. The monoisotopic (exact) mass is 483 g/mol. The van der Waals surface area contributed by atoms with Crippen molar-refractivity contribution in [3.63, 3.8) is 0 Å². The van der Waals surface area contributed by atoms with Crippen molar-refractivity contribution in [2.24, 2.45) is 5.41 Å². The highest BCUT2D eigenvalue weighted by Gasteiger charge is 2.53. The van der Waals surface area contributed by atoms with Crippen molar-refractivity contribution in [2.45, 2.75) is 56.7 Å². The van der Waals surface area contributed by atoms with Crippen molar-refractivity contribution in [2.75, 3.05) is 7.05 Å². The van der Waals surface area contributed by atoms with E-state index in [0.29, 0.717) is 11.3 Å². The molecule has 3 N–H and O–H groups in total. The van der Waals surface area contributed by atoms with Gasteiger partial charge >= 0.3 is 6.18 Å². The Morgan fingerprint density at radius 1 is 0.971 bits per heavy atom. The van der Waals surface area contributed by atoms with Crippen LogP contribution >= 0.6 is 0 Å². The molecular weight excluding hydrogens is 455 g/mol. The van der Waals surface area contributed by atoms with Gasteiger partial charge in [0.05, 0.1) is 5.56 Å². The third-order valence-electron chi connectivity index (χ3n) is 8.14. The number of alkyl halides is 3. The molecule has 0 unspecified atom stereocenters. The SMILES string of the molecule is CNC(=O)c1cc2c(C34CCC(C(=O)NCc5cccc(C(F)(F)F)c5)(CC3)CC4)cccc2[nH]1. The Morgan fingerprint density at radius 3 is 2.31 bits per heavy atom. The predicted octanol–water partition coefficient (Wildman–Crippen LogP) is 5.45. The lowest BCUT2D eigenvalue weighted by molar-refractivity contribution is -0.138. The summed E-state index contributed by atoms with van der Waals surface area (Å²) in [5.74, 6) is -0.224. The molecule has 8 heteroatoms. The van der Waals surface area contributed by atoms with Crippen LogP contribution in [0.4, 0.5) is 13.2 Å².